The first-order valence-corrected chi connectivity index (χ1v) is 8.16. The minimum absolute atomic E-state index is 0.0571. The molecule has 1 aromatic carbocycles. The first kappa shape index (κ1) is 15.7. The summed E-state index contributed by atoms with van der Waals surface area (Å²) in [5, 5.41) is 4.02. The average molecular weight is 313 g/mol. The molecule has 2 N–H and O–H groups in total. The van der Waals surface area contributed by atoms with Crippen molar-refractivity contribution in [2.45, 2.75) is 38.1 Å². The number of carbonyl (C=O) groups is 1. The number of rotatable bonds is 4. The molecule has 1 aliphatic rings. The summed E-state index contributed by atoms with van der Waals surface area (Å²) in [6.45, 7) is 5.31. The second kappa shape index (κ2) is 6.54. The molecule has 3 rings (SSSR count). The smallest absolute Gasteiger partial charge is 0.292 e. The summed E-state index contributed by atoms with van der Waals surface area (Å²) in [5.74, 6) is 0.637. The van der Waals surface area contributed by atoms with Gasteiger partial charge in [-0.15, -0.1) is 0 Å². The molecule has 23 heavy (non-hydrogen) atoms. The van der Waals surface area contributed by atoms with Gasteiger partial charge < -0.3 is 15.2 Å². The van der Waals surface area contributed by atoms with E-state index in [1.165, 1.54) is 5.56 Å². The van der Waals surface area contributed by atoms with Gasteiger partial charge in [-0.3, -0.25) is 4.79 Å². The largest absolute Gasteiger partial charge is 0.351 e. The third-order valence-corrected chi connectivity index (χ3v) is 4.74. The molecule has 5 heteroatoms. The number of benzene rings is 1. The van der Waals surface area contributed by atoms with Gasteiger partial charge in [0.2, 0.25) is 5.76 Å². The number of carbonyl (C=O) groups excluding carboxylic acids is 1. The van der Waals surface area contributed by atoms with E-state index < -0.39 is 0 Å². The van der Waals surface area contributed by atoms with Gasteiger partial charge in [0.05, 0.1) is 5.69 Å². The Morgan fingerprint density at radius 3 is 2.83 bits per heavy atom. The fourth-order valence-corrected chi connectivity index (χ4v) is 3.03. The van der Waals surface area contributed by atoms with Crippen LogP contribution in [-0.2, 0) is 0 Å². The number of nitrogens with two attached hydrogens (primary N) is 1. The Morgan fingerprint density at radius 2 is 2.13 bits per heavy atom. The zero-order chi connectivity index (χ0) is 16.4. The van der Waals surface area contributed by atoms with E-state index in [-0.39, 0.29) is 17.9 Å². The second-order valence-corrected chi connectivity index (χ2v) is 6.32. The Hall–Kier alpha value is -2.14. The van der Waals surface area contributed by atoms with Crippen molar-refractivity contribution >= 4 is 5.91 Å². The van der Waals surface area contributed by atoms with E-state index in [4.69, 9.17) is 10.3 Å². The van der Waals surface area contributed by atoms with Crippen LogP contribution in [0.3, 0.4) is 0 Å². The second-order valence-electron chi connectivity index (χ2n) is 6.32. The van der Waals surface area contributed by atoms with Crippen LogP contribution in [-0.4, -0.2) is 35.1 Å². The summed E-state index contributed by atoms with van der Waals surface area (Å²) in [4.78, 5) is 14.4. The summed E-state index contributed by atoms with van der Waals surface area (Å²) in [7, 11) is 0. The Bertz CT molecular complexity index is 668. The highest BCUT2D eigenvalue weighted by molar-refractivity contribution is 5.91. The minimum atomic E-state index is -0.124. The highest BCUT2D eigenvalue weighted by Gasteiger charge is 2.35. The van der Waals surface area contributed by atoms with Gasteiger partial charge in [-0.1, -0.05) is 49.3 Å². The molecule has 5 nitrogen and oxygen atoms in total. The molecule has 1 saturated heterocycles. The molecular weight excluding hydrogens is 290 g/mol. The molecular formula is C18H23N3O2. The topological polar surface area (TPSA) is 72.4 Å². The van der Waals surface area contributed by atoms with Crippen LogP contribution in [0.5, 0.6) is 0 Å². The van der Waals surface area contributed by atoms with Crippen molar-refractivity contribution < 1.29 is 9.32 Å². The predicted octanol–water partition coefficient (Wildman–Crippen LogP) is 2.76. The molecule has 0 radical (unpaired) electrons. The molecule has 2 aromatic rings. The van der Waals surface area contributed by atoms with Crippen molar-refractivity contribution in [3.63, 3.8) is 0 Å². The molecule has 0 spiro atoms. The SMILES string of the molecule is CCC(C)c1cc(C(=O)N2C[C@@H](N)[C@H](c3ccccc3)C2)on1. The molecule has 0 bridgehead atoms. The molecule has 1 aromatic heterocycles. The maximum atomic E-state index is 12.6. The monoisotopic (exact) mass is 313 g/mol. The van der Waals surface area contributed by atoms with Gasteiger partial charge in [0.25, 0.3) is 5.91 Å². The lowest BCUT2D eigenvalue weighted by Gasteiger charge is -2.14. The molecule has 1 amide bonds. The molecule has 3 atom stereocenters. The van der Waals surface area contributed by atoms with Crippen LogP contribution >= 0.6 is 0 Å². The van der Waals surface area contributed by atoms with Crippen LogP contribution in [0.15, 0.2) is 40.9 Å². The molecule has 0 aliphatic carbocycles. The lowest BCUT2D eigenvalue weighted by Crippen LogP contribution is -2.32. The van der Waals surface area contributed by atoms with E-state index in [1.807, 2.05) is 18.2 Å². The number of aromatic nitrogens is 1. The van der Waals surface area contributed by atoms with Gasteiger partial charge in [-0.2, -0.15) is 0 Å². The third kappa shape index (κ3) is 3.15. The highest BCUT2D eigenvalue weighted by Crippen LogP contribution is 2.28. The Morgan fingerprint density at radius 1 is 1.39 bits per heavy atom. The summed E-state index contributed by atoms with van der Waals surface area (Å²) in [6, 6.07) is 11.8. The number of amides is 1. The average Bonchev–Trinajstić information content (AvgIpc) is 3.21. The van der Waals surface area contributed by atoms with Crippen molar-refractivity contribution in [2.75, 3.05) is 13.1 Å². The van der Waals surface area contributed by atoms with Crippen molar-refractivity contribution in [2.24, 2.45) is 5.73 Å². The van der Waals surface area contributed by atoms with Crippen LogP contribution in [0.25, 0.3) is 0 Å². The molecule has 1 unspecified atom stereocenters. The summed E-state index contributed by atoms with van der Waals surface area (Å²) in [6.07, 6.45) is 0.963. The lowest BCUT2D eigenvalue weighted by atomic mass is 9.95. The minimum Gasteiger partial charge on any atom is -0.351 e. The Balaban J connectivity index is 1.73. The molecule has 2 heterocycles. The van der Waals surface area contributed by atoms with Crippen molar-refractivity contribution in [3.05, 3.63) is 53.4 Å². The fraction of sp³-hybridized carbons (Fsp3) is 0.444. The van der Waals surface area contributed by atoms with Gasteiger partial charge in [0.15, 0.2) is 0 Å². The van der Waals surface area contributed by atoms with Crippen molar-refractivity contribution in [1.82, 2.24) is 10.1 Å². The van der Waals surface area contributed by atoms with Gasteiger partial charge in [0.1, 0.15) is 0 Å². The summed E-state index contributed by atoms with van der Waals surface area (Å²) in [5.41, 5.74) is 8.26. The third-order valence-electron chi connectivity index (χ3n) is 4.74. The highest BCUT2D eigenvalue weighted by atomic mass is 16.5. The first-order chi connectivity index (χ1) is 11.1. The van der Waals surface area contributed by atoms with Crippen molar-refractivity contribution in [1.29, 1.82) is 0 Å². The molecule has 1 aliphatic heterocycles. The zero-order valence-electron chi connectivity index (χ0n) is 13.6. The number of hydrogen-bond donors (Lipinski definition) is 1. The Labute approximate surface area is 136 Å². The van der Waals surface area contributed by atoms with E-state index in [1.54, 1.807) is 11.0 Å². The van der Waals surface area contributed by atoms with Gasteiger partial charge in [0, 0.05) is 37.0 Å². The first-order valence-electron chi connectivity index (χ1n) is 8.16. The molecule has 1 fully saturated rings. The molecule has 122 valence electrons. The quantitative estimate of drug-likeness (QED) is 0.942. The van der Waals surface area contributed by atoms with Crippen LogP contribution in [0.4, 0.5) is 0 Å². The van der Waals surface area contributed by atoms with E-state index >= 15 is 0 Å². The van der Waals surface area contributed by atoms with E-state index in [2.05, 4.69) is 31.1 Å². The van der Waals surface area contributed by atoms with Crippen LogP contribution in [0.2, 0.25) is 0 Å². The van der Waals surface area contributed by atoms with Crippen molar-refractivity contribution in [3.8, 4) is 0 Å². The summed E-state index contributed by atoms with van der Waals surface area (Å²) < 4.78 is 5.26. The number of likely N-dealkylation sites (tertiary alicyclic amines) is 1. The fourth-order valence-electron chi connectivity index (χ4n) is 3.03. The van der Waals surface area contributed by atoms with E-state index in [0.717, 1.165) is 12.1 Å². The predicted molar refractivity (Wildman–Crippen MR) is 88.3 cm³/mol. The number of hydrogen-bond acceptors (Lipinski definition) is 4. The van der Waals surface area contributed by atoms with Crippen LogP contribution < -0.4 is 5.73 Å². The standard InChI is InChI=1S/C18H23N3O2/c1-3-12(2)16-9-17(23-20-16)18(22)21-10-14(15(19)11-21)13-7-5-4-6-8-13/h4-9,12,14-15H,3,10-11,19H2,1-2H3/t12?,14-,15+/m0/s1. The summed E-state index contributed by atoms with van der Waals surface area (Å²) >= 11 is 0. The van der Waals surface area contributed by atoms with Crippen LogP contribution in [0.1, 0.15) is 53.9 Å². The van der Waals surface area contributed by atoms with Gasteiger partial charge in [-0.25, -0.2) is 0 Å². The van der Waals surface area contributed by atoms with Crippen LogP contribution in [0, 0.1) is 0 Å². The van der Waals surface area contributed by atoms with E-state index in [9.17, 15) is 4.79 Å². The molecule has 0 saturated carbocycles. The Kier molecular flexibility index (Phi) is 4.48. The normalized spacial score (nSPS) is 22.3. The lowest BCUT2D eigenvalue weighted by molar-refractivity contribution is 0.0747. The van der Waals surface area contributed by atoms with Gasteiger partial charge in [-0.05, 0) is 12.0 Å². The maximum Gasteiger partial charge on any atom is 0.292 e. The maximum absolute atomic E-state index is 12.6. The number of nitrogens with zero attached hydrogens (tertiary/aromatic N) is 2. The van der Waals surface area contributed by atoms with Gasteiger partial charge >= 0.3 is 0 Å². The zero-order valence-corrected chi connectivity index (χ0v) is 13.6. The van der Waals surface area contributed by atoms with E-state index in [0.29, 0.717) is 24.8 Å².